The van der Waals surface area contributed by atoms with Crippen molar-refractivity contribution in [2.45, 2.75) is 174 Å². The van der Waals surface area contributed by atoms with E-state index in [1.165, 1.54) is 51.4 Å². The van der Waals surface area contributed by atoms with E-state index in [4.69, 9.17) is 18.5 Å². The van der Waals surface area contributed by atoms with Gasteiger partial charge in [0.05, 0.1) is 27.7 Å². The van der Waals surface area contributed by atoms with E-state index in [-0.39, 0.29) is 26.1 Å². The van der Waals surface area contributed by atoms with E-state index in [1.54, 1.807) is 0 Å². The summed E-state index contributed by atoms with van der Waals surface area (Å²) in [6.45, 7) is 4.03. The Morgan fingerprint density at radius 2 is 0.919 bits per heavy atom. The Bertz CT molecular complexity index is 1370. The Kier molecular flexibility index (Phi) is 41.1. The Labute approximate surface area is 379 Å². The monoisotopic (exact) mass is 886 g/mol. The molecule has 0 radical (unpaired) electrons. The zero-order valence-corrected chi connectivity index (χ0v) is 40.7. The van der Waals surface area contributed by atoms with Crippen LogP contribution in [0.4, 0.5) is 0 Å². The predicted octanol–water partition coefficient (Wildman–Crippen LogP) is 13.5. The number of nitrogens with zero attached hydrogens (tertiary/aromatic N) is 1. The molecule has 0 bridgehead atoms. The van der Waals surface area contributed by atoms with Crippen LogP contribution in [0.2, 0.25) is 0 Å². The van der Waals surface area contributed by atoms with Gasteiger partial charge in [-0.2, -0.15) is 0 Å². The normalized spacial score (nSPS) is 14.4. The van der Waals surface area contributed by atoms with Gasteiger partial charge in [0.1, 0.15) is 19.8 Å². The number of likely N-dealkylation sites (N-methyl/N-ethyl adjacent to an activating group) is 1. The molecule has 0 spiro atoms. The molecule has 0 heterocycles. The van der Waals surface area contributed by atoms with Crippen molar-refractivity contribution < 1.29 is 42.1 Å². The second-order valence-electron chi connectivity index (χ2n) is 16.7. The van der Waals surface area contributed by atoms with Crippen LogP contribution in [0.15, 0.2) is 97.2 Å². The second-order valence-corrected chi connectivity index (χ2v) is 18.2. The number of ether oxygens (including phenoxy) is 2. The first-order chi connectivity index (χ1) is 30.0. The molecule has 62 heavy (non-hydrogen) atoms. The summed E-state index contributed by atoms with van der Waals surface area (Å²) < 4.78 is 33.9. The summed E-state index contributed by atoms with van der Waals surface area (Å²) in [5.74, 6) is -0.894. The molecular weight excluding hydrogens is 798 g/mol. The number of rotatable bonds is 42. The standard InChI is InChI=1S/C52H88NO8P/c1-6-8-10-12-14-16-18-19-20-21-22-23-24-25-26-27-28-29-30-31-32-33-35-37-39-41-43-45-52(55)61-50(49-60-62(56,57)59-47-46-53(3,4)5)48-58-51(54)44-42-40-38-36-34-17-15-13-11-9-7-2/h8,10,14,16,19-20,22-23,25-26,28-29,31-32,35,37,50H,6-7,9,11-13,15,17-18,21,24,27,30,33-34,36,38-49H2,1-5H3/b10-8-,16-14-,20-19-,23-22-,26-25-,29-28-,32-31-,37-35-. The van der Waals surface area contributed by atoms with Crippen molar-refractivity contribution >= 4 is 19.8 Å². The minimum absolute atomic E-state index is 0.0439. The molecule has 0 aromatic carbocycles. The van der Waals surface area contributed by atoms with Crippen molar-refractivity contribution in [1.29, 1.82) is 0 Å². The summed E-state index contributed by atoms with van der Waals surface area (Å²) in [7, 11) is 1.12. The lowest BCUT2D eigenvalue weighted by molar-refractivity contribution is -0.870. The van der Waals surface area contributed by atoms with Crippen LogP contribution in [0.3, 0.4) is 0 Å². The van der Waals surface area contributed by atoms with Crippen molar-refractivity contribution in [3.63, 3.8) is 0 Å². The molecule has 0 saturated heterocycles. The number of phosphoric ester groups is 1. The van der Waals surface area contributed by atoms with Crippen LogP contribution >= 0.6 is 7.82 Å². The summed E-state index contributed by atoms with van der Waals surface area (Å²) >= 11 is 0. The number of carbonyl (C=O) groups excluding carboxylic acids is 2. The fourth-order valence-corrected chi connectivity index (χ4v) is 6.63. The van der Waals surface area contributed by atoms with Gasteiger partial charge in [-0.25, -0.2) is 0 Å². The quantitative estimate of drug-likeness (QED) is 0.0196. The summed E-state index contributed by atoms with van der Waals surface area (Å²) in [5.41, 5.74) is 0. The van der Waals surface area contributed by atoms with Crippen LogP contribution in [0, 0.1) is 0 Å². The summed E-state index contributed by atoms with van der Waals surface area (Å²) in [5, 5.41) is 0. The van der Waals surface area contributed by atoms with Crippen LogP contribution in [0.25, 0.3) is 0 Å². The molecule has 0 N–H and O–H groups in total. The smallest absolute Gasteiger partial charge is 0.306 e. The highest BCUT2D eigenvalue weighted by atomic mass is 31.2. The van der Waals surface area contributed by atoms with E-state index in [0.29, 0.717) is 17.4 Å². The number of allylic oxidation sites excluding steroid dienone is 16. The minimum Gasteiger partial charge on any atom is -0.756 e. The molecule has 354 valence electrons. The Morgan fingerprint density at radius 1 is 0.516 bits per heavy atom. The van der Waals surface area contributed by atoms with Crippen molar-refractivity contribution in [1.82, 2.24) is 0 Å². The molecule has 0 amide bonds. The van der Waals surface area contributed by atoms with E-state index in [0.717, 1.165) is 83.5 Å². The first kappa shape index (κ1) is 58.9. The van der Waals surface area contributed by atoms with E-state index < -0.39 is 32.5 Å². The van der Waals surface area contributed by atoms with Gasteiger partial charge in [0, 0.05) is 12.8 Å². The van der Waals surface area contributed by atoms with Crippen LogP contribution in [-0.2, 0) is 32.7 Å². The van der Waals surface area contributed by atoms with Crippen LogP contribution in [-0.4, -0.2) is 70.0 Å². The van der Waals surface area contributed by atoms with Gasteiger partial charge in [-0.1, -0.05) is 175 Å². The van der Waals surface area contributed by atoms with E-state index >= 15 is 0 Å². The first-order valence-electron chi connectivity index (χ1n) is 23.9. The number of quaternary nitrogens is 1. The topological polar surface area (TPSA) is 111 Å². The first-order valence-corrected chi connectivity index (χ1v) is 25.4. The van der Waals surface area contributed by atoms with E-state index in [9.17, 15) is 19.0 Å². The van der Waals surface area contributed by atoms with E-state index in [2.05, 4.69) is 111 Å². The fourth-order valence-electron chi connectivity index (χ4n) is 5.90. The van der Waals surface area contributed by atoms with Gasteiger partial charge in [0.25, 0.3) is 7.82 Å². The number of hydrogen-bond donors (Lipinski definition) is 0. The highest BCUT2D eigenvalue weighted by Gasteiger charge is 2.21. The molecule has 0 aromatic heterocycles. The number of carbonyl (C=O) groups is 2. The van der Waals surface area contributed by atoms with Crippen LogP contribution in [0.5, 0.6) is 0 Å². The van der Waals surface area contributed by atoms with Gasteiger partial charge in [-0.05, 0) is 77.0 Å². The van der Waals surface area contributed by atoms with Crippen LogP contribution in [0.1, 0.15) is 168 Å². The van der Waals surface area contributed by atoms with Crippen LogP contribution < -0.4 is 4.89 Å². The molecule has 2 unspecified atom stereocenters. The maximum absolute atomic E-state index is 12.7. The second kappa shape index (κ2) is 43.2. The molecule has 9 nitrogen and oxygen atoms in total. The third-order valence-electron chi connectivity index (χ3n) is 9.62. The Hall–Kier alpha value is -3.07. The summed E-state index contributed by atoms with van der Waals surface area (Å²) in [4.78, 5) is 37.5. The van der Waals surface area contributed by atoms with Gasteiger partial charge in [0.2, 0.25) is 0 Å². The SMILES string of the molecule is CC/C=C\C/C=C\C/C=C\C/C=C\C/C=C\C/C=C\C/C=C\C/C=C\CCCCC(=O)OC(COC(=O)CCCCCCCCCCCCC)COP(=O)([O-])OCC[N+](C)(C)C. The van der Waals surface area contributed by atoms with E-state index in [1.807, 2.05) is 21.1 Å². The largest absolute Gasteiger partial charge is 0.756 e. The van der Waals surface area contributed by atoms with Crippen molar-refractivity contribution in [2.24, 2.45) is 0 Å². The molecule has 0 fully saturated rings. The van der Waals surface area contributed by atoms with Gasteiger partial charge in [0.15, 0.2) is 6.10 Å². The number of phosphoric acid groups is 1. The molecular formula is C52H88NO8P. The maximum atomic E-state index is 12.7. The van der Waals surface area contributed by atoms with Crippen molar-refractivity contribution in [3.05, 3.63) is 97.2 Å². The predicted molar refractivity (Wildman–Crippen MR) is 259 cm³/mol. The lowest BCUT2D eigenvalue weighted by atomic mass is 10.1. The van der Waals surface area contributed by atoms with Gasteiger partial charge in [-0.3, -0.25) is 14.2 Å². The number of esters is 2. The summed E-state index contributed by atoms with van der Waals surface area (Å²) in [6, 6.07) is 0. The molecule has 0 aliphatic heterocycles. The Balaban J connectivity index is 4.37. The summed E-state index contributed by atoms with van der Waals surface area (Å²) in [6.07, 6.45) is 57.3. The zero-order valence-electron chi connectivity index (χ0n) is 39.8. The average molecular weight is 886 g/mol. The van der Waals surface area contributed by atoms with Gasteiger partial charge >= 0.3 is 11.9 Å². The van der Waals surface area contributed by atoms with Crippen molar-refractivity contribution in [2.75, 3.05) is 47.5 Å². The fraction of sp³-hybridized carbons (Fsp3) is 0.654. The minimum atomic E-state index is -4.64. The van der Waals surface area contributed by atoms with Gasteiger partial charge in [-0.15, -0.1) is 0 Å². The van der Waals surface area contributed by atoms with Crippen molar-refractivity contribution in [3.8, 4) is 0 Å². The molecule has 0 aliphatic carbocycles. The van der Waals surface area contributed by atoms with Gasteiger partial charge < -0.3 is 27.9 Å². The number of hydrogen-bond acceptors (Lipinski definition) is 8. The lowest BCUT2D eigenvalue weighted by Crippen LogP contribution is -2.37. The lowest BCUT2D eigenvalue weighted by Gasteiger charge is -2.28. The third-order valence-corrected chi connectivity index (χ3v) is 10.6. The Morgan fingerprint density at radius 3 is 1.37 bits per heavy atom. The number of unbranched alkanes of at least 4 members (excludes halogenated alkanes) is 12. The molecule has 2 atom stereocenters. The highest BCUT2D eigenvalue weighted by Crippen LogP contribution is 2.38. The third kappa shape index (κ3) is 46.4. The average Bonchev–Trinajstić information content (AvgIpc) is 3.23. The molecule has 0 rings (SSSR count). The maximum Gasteiger partial charge on any atom is 0.306 e. The molecule has 0 saturated carbocycles. The molecule has 0 aliphatic rings. The zero-order chi connectivity index (χ0) is 45.7. The molecule has 10 heteroatoms. The molecule has 0 aromatic rings. The highest BCUT2D eigenvalue weighted by molar-refractivity contribution is 7.45.